The van der Waals surface area contributed by atoms with Crippen molar-refractivity contribution in [1.82, 2.24) is 0 Å². The minimum atomic E-state index is -2.30. The second-order valence-corrected chi connectivity index (χ2v) is 12.9. The van der Waals surface area contributed by atoms with Crippen LogP contribution in [0.2, 0.25) is 6.04 Å². The van der Waals surface area contributed by atoms with Crippen LogP contribution in [0.5, 0.6) is 0 Å². The monoisotopic (exact) mass is 253 g/mol. The number of hydrogen-bond acceptors (Lipinski definition) is 3. The summed E-state index contributed by atoms with van der Waals surface area (Å²) in [6.45, 7) is 7.13. The van der Waals surface area contributed by atoms with Crippen molar-refractivity contribution in [2.45, 2.75) is 18.9 Å². The summed E-state index contributed by atoms with van der Waals surface area (Å²) in [5, 5.41) is 0. The minimum absolute atomic E-state index is 0.630. The molecule has 0 rings (SSSR count). The molecule has 5 heteroatoms. The highest BCUT2D eigenvalue weighted by atomic mass is 31.2. The van der Waals surface area contributed by atoms with Crippen molar-refractivity contribution in [3.8, 4) is 0 Å². The lowest BCUT2D eigenvalue weighted by molar-refractivity contribution is 0.123. The highest BCUT2D eigenvalue weighted by Crippen LogP contribution is 2.47. The van der Waals surface area contributed by atoms with Gasteiger partial charge in [-0.3, -0.25) is 0 Å². The van der Waals surface area contributed by atoms with Gasteiger partial charge >= 0.3 is 8.80 Å². The Labute approximate surface area is 96.2 Å². The molecule has 92 valence electrons. The molecule has 0 aliphatic rings. The Balaban J connectivity index is 3.82. The molecule has 0 bridgehead atoms. The normalized spacial score (nSPS) is 13.2. The molecule has 0 aromatic rings. The van der Waals surface area contributed by atoms with Gasteiger partial charge in [0.1, 0.15) is 0 Å². The Hall–Kier alpha value is 0.527. The highest BCUT2D eigenvalue weighted by Gasteiger charge is 2.37. The Morgan fingerprint density at radius 1 is 0.867 bits per heavy atom. The van der Waals surface area contributed by atoms with E-state index in [-0.39, 0.29) is 0 Å². The molecule has 15 heavy (non-hydrogen) atoms. The summed E-state index contributed by atoms with van der Waals surface area (Å²) in [5.41, 5.74) is 0. The molecule has 0 radical (unpaired) electrons. The standard InChI is InChI=1S/C10H26O3PSi/c1-11-15(12-2,13-3)10-8-7-9-14(4,5)6/h7-10H2,1-6H3/q+1. The second-order valence-electron chi connectivity index (χ2n) is 4.77. The summed E-state index contributed by atoms with van der Waals surface area (Å²) in [6, 6.07) is 0.927. The lowest BCUT2D eigenvalue weighted by atomic mass is 10.4. The zero-order valence-corrected chi connectivity index (χ0v) is 12.9. The van der Waals surface area contributed by atoms with Crippen LogP contribution in [0, 0.1) is 0 Å². The molecule has 0 aliphatic heterocycles. The van der Waals surface area contributed by atoms with E-state index in [1.54, 1.807) is 21.3 Å². The fourth-order valence-corrected chi connectivity index (χ4v) is 4.45. The maximum absolute atomic E-state index is 5.37. The van der Waals surface area contributed by atoms with Crippen LogP contribution < -0.4 is 0 Å². The van der Waals surface area contributed by atoms with Crippen molar-refractivity contribution in [3.63, 3.8) is 0 Å². The van der Waals surface area contributed by atoms with E-state index in [4.69, 9.17) is 13.3 Å². The Morgan fingerprint density at radius 3 is 1.67 bits per heavy atom. The quantitative estimate of drug-likeness (QED) is 0.378. The minimum Gasteiger partial charge on any atom is -0.377 e. The Morgan fingerprint density at radius 2 is 1.33 bits per heavy atom. The van der Waals surface area contributed by atoms with Crippen LogP contribution in [0.1, 0.15) is 12.8 Å². The van der Waals surface area contributed by atoms with Gasteiger partial charge in [-0.25, -0.2) is 0 Å². The fraction of sp³-hybridized carbons (Fsp3) is 1.00. The van der Waals surface area contributed by atoms with Gasteiger partial charge in [0.25, 0.3) is 0 Å². The molecular weight excluding hydrogens is 227 g/mol. The molecule has 3 nitrogen and oxygen atoms in total. The van der Waals surface area contributed by atoms with Gasteiger partial charge in [0.15, 0.2) is 0 Å². The van der Waals surface area contributed by atoms with E-state index < -0.39 is 16.1 Å². The molecule has 0 heterocycles. The van der Waals surface area contributed by atoms with Crippen LogP contribution in [0.25, 0.3) is 0 Å². The topological polar surface area (TPSA) is 27.7 Å². The molecule has 0 saturated carbocycles. The largest absolute Gasteiger partial charge is 0.500 e. The van der Waals surface area contributed by atoms with Crippen molar-refractivity contribution in [2.75, 3.05) is 47.5 Å². The van der Waals surface area contributed by atoms with E-state index in [1.807, 2.05) is 0 Å². The molecule has 0 aromatic carbocycles. The van der Waals surface area contributed by atoms with Gasteiger partial charge in [0.2, 0.25) is 0 Å². The average Bonchev–Trinajstić information content (AvgIpc) is 2.18. The lowest BCUT2D eigenvalue weighted by Gasteiger charge is -2.24. The molecule has 0 aromatic heterocycles. The van der Waals surface area contributed by atoms with E-state index in [9.17, 15) is 0 Å². The Bertz CT molecular complexity index is 158. The molecule has 0 fully saturated rings. The SMILES string of the molecule is CO[Si](CCCC[P+](C)(C)C)(OC)OC. The predicted molar refractivity (Wildman–Crippen MR) is 70.4 cm³/mol. The predicted octanol–water partition coefficient (Wildman–Crippen LogP) is 2.55. The van der Waals surface area contributed by atoms with Crippen LogP contribution in [0.3, 0.4) is 0 Å². The first-order chi connectivity index (χ1) is 6.89. The van der Waals surface area contributed by atoms with E-state index in [0.29, 0.717) is 0 Å². The first kappa shape index (κ1) is 15.5. The molecule has 0 N–H and O–H groups in total. The molecular formula is C10H26O3PSi+. The maximum atomic E-state index is 5.37. The van der Waals surface area contributed by atoms with E-state index in [2.05, 4.69) is 20.0 Å². The molecule has 0 aliphatic carbocycles. The molecule has 0 spiro atoms. The first-order valence-corrected chi connectivity index (χ1v) is 10.6. The number of unbranched alkanes of at least 4 members (excludes halogenated alkanes) is 1. The van der Waals surface area contributed by atoms with E-state index in [0.717, 1.165) is 12.5 Å². The zero-order valence-electron chi connectivity index (χ0n) is 11.0. The summed E-state index contributed by atoms with van der Waals surface area (Å²) in [6.07, 6.45) is 3.73. The summed E-state index contributed by atoms with van der Waals surface area (Å²) >= 11 is 0. The maximum Gasteiger partial charge on any atom is 0.500 e. The van der Waals surface area contributed by atoms with Crippen LogP contribution in [-0.2, 0) is 13.3 Å². The van der Waals surface area contributed by atoms with Gasteiger partial charge < -0.3 is 13.3 Å². The van der Waals surface area contributed by atoms with Crippen LogP contribution in [0.4, 0.5) is 0 Å². The van der Waals surface area contributed by atoms with Gasteiger partial charge in [-0.1, -0.05) is 0 Å². The molecule has 0 saturated heterocycles. The van der Waals surface area contributed by atoms with E-state index in [1.165, 1.54) is 12.6 Å². The van der Waals surface area contributed by atoms with Gasteiger partial charge in [0.05, 0.1) is 6.16 Å². The summed E-state index contributed by atoms with van der Waals surface area (Å²) < 4.78 is 16.1. The van der Waals surface area contributed by atoms with Gasteiger partial charge in [-0.15, -0.1) is 0 Å². The van der Waals surface area contributed by atoms with Crippen molar-refractivity contribution in [2.24, 2.45) is 0 Å². The van der Waals surface area contributed by atoms with Gasteiger partial charge in [-0.2, -0.15) is 0 Å². The first-order valence-electron chi connectivity index (χ1n) is 5.35. The van der Waals surface area contributed by atoms with Crippen molar-refractivity contribution in [3.05, 3.63) is 0 Å². The lowest BCUT2D eigenvalue weighted by Crippen LogP contribution is -2.42. The van der Waals surface area contributed by atoms with Crippen LogP contribution >= 0.6 is 7.26 Å². The number of hydrogen-bond donors (Lipinski definition) is 0. The average molecular weight is 253 g/mol. The third-order valence-corrected chi connectivity index (χ3v) is 6.98. The summed E-state index contributed by atoms with van der Waals surface area (Å²) in [4.78, 5) is 0. The molecule has 0 atom stereocenters. The summed E-state index contributed by atoms with van der Waals surface area (Å²) in [5.74, 6) is 0. The Kier molecular flexibility index (Phi) is 7.22. The van der Waals surface area contributed by atoms with Crippen LogP contribution in [-0.4, -0.2) is 56.3 Å². The zero-order chi connectivity index (χ0) is 11.9. The van der Waals surface area contributed by atoms with Crippen molar-refractivity contribution < 1.29 is 13.3 Å². The third kappa shape index (κ3) is 6.64. The van der Waals surface area contributed by atoms with Crippen LogP contribution in [0.15, 0.2) is 0 Å². The molecule has 0 amide bonds. The van der Waals surface area contributed by atoms with Gasteiger partial charge in [0, 0.05) is 54.6 Å². The van der Waals surface area contributed by atoms with E-state index >= 15 is 0 Å². The third-order valence-electron chi connectivity index (χ3n) is 2.49. The summed E-state index contributed by atoms with van der Waals surface area (Å²) in [7, 11) is 2.10. The highest BCUT2D eigenvalue weighted by molar-refractivity contribution is 7.73. The number of rotatable bonds is 8. The fourth-order valence-electron chi connectivity index (χ4n) is 1.48. The van der Waals surface area contributed by atoms with Gasteiger partial charge in [-0.05, 0) is 12.8 Å². The molecule has 0 unspecified atom stereocenters. The second kappa shape index (κ2) is 6.97. The van der Waals surface area contributed by atoms with Crippen molar-refractivity contribution >= 4 is 16.1 Å². The van der Waals surface area contributed by atoms with Crippen molar-refractivity contribution in [1.29, 1.82) is 0 Å². The smallest absolute Gasteiger partial charge is 0.377 e.